The molecular weight excluding hydrogens is 686 g/mol. The molecule has 1 aromatic heterocycles. The summed E-state index contributed by atoms with van der Waals surface area (Å²) in [4.78, 5) is 31.3. The number of carbonyl (C=O) groups is 2. The number of hydrogen-bond acceptors (Lipinski definition) is 9. The van der Waals surface area contributed by atoms with E-state index in [0.717, 1.165) is 58.1 Å². The highest BCUT2D eigenvalue weighted by Crippen LogP contribution is 2.53. The van der Waals surface area contributed by atoms with Crippen molar-refractivity contribution in [1.29, 1.82) is 0 Å². The number of aromatic amines is 1. The third-order valence-electron chi connectivity index (χ3n) is 11.5. The molecule has 6 unspecified atom stereocenters. The van der Waals surface area contributed by atoms with Crippen LogP contribution in [0.15, 0.2) is 60.7 Å². The molecule has 1 aliphatic heterocycles. The number of para-hydroxylation sites is 1. The Bertz CT molecular complexity index is 2140. The Balaban J connectivity index is 1.36. The fourth-order valence-electron chi connectivity index (χ4n) is 8.88. The molecule has 282 valence electrons. The van der Waals surface area contributed by atoms with E-state index in [9.17, 15) is 30.0 Å². The van der Waals surface area contributed by atoms with Gasteiger partial charge in [0.15, 0.2) is 23.0 Å². The van der Waals surface area contributed by atoms with Crippen molar-refractivity contribution >= 4 is 28.2 Å². The van der Waals surface area contributed by atoms with Crippen molar-refractivity contribution in [2.24, 2.45) is 17.8 Å². The van der Waals surface area contributed by atoms with E-state index in [4.69, 9.17) is 14.2 Å². The van der Waals surface area contributed by atoms with Crippen LogP contribution in [0.4, 0.5) is 0 Å². The van der Waals surface area contributed by atoms with Crippen LogP contribution < -0.4 is 9.47 Å². The number of carbonyl (C=O) groups excluding carboxylic acids is 2. The second-order valence-electron chi connectivity index (χ2n) is 14.8. The number of aliphatic hydroxyl groups is 2. The van der Waals surface area contributed by atoms with Gasteiger partial charge >= 0.3 is 5.97 Å². The lowest BCUT2D eigenvalue weighted by Gasteiger charge is -2.39. The van der Waals surface area contributed by atoms with Crippen molar-refractivity contribution in [2.75, 3.05) is 20.8 Å². The van der Waals surface area contributed by atoms with Crippen LogP contribution in [-0.2, 0) is 27.2 Å². The first kappa shape index (κ1) is 37.1. The Morgan fingerprint density at radius 2 is 1.72 bits per heavy atom. The SMILES string of the molecule is COc1cc(CC(O)C2CC(=O)CC3c4cc(OC)c(O)cc4C(=CC4CCC(CCO)CC43)c3[nH]c4ccccc4c3CC#CCC(=O)O2)ccc1O. The van der Waals surface area contributed by atoms with E-state index in [1.807, 2.05) is 30.3 Å². The molecule has 3 aliphatic rings. The second kappa shape index (κ2) is 16.0. The lowest BCUT2D eigenvalue weighted by Crippen LogP contribution is -2.36. The fraction of sp³-hybridized carbons (Fsp3) is 0.409. The van der Waals surface area contributed by atoms with Gasteiger partial charge in [0.2, 0.25) is 0 Å². The third kappa shape index (κ3) is 7.57. The number of fused-ring (bicyclic) bond motifs is 6. The number of methoxy groups -OCH3 is 2. The minimum absolute atomic E-state index is 0.0110. The first-order valence-corrected chi connectivity index (χ1v) is 18.7. The molecule has 10 nitrogen and oxygen atoms in total. The van der Waals surface area contributed by atoms with Gasteiger partial charge in [0.05, 0.1) is 26.0 Å². The van der Waals surface area contributed by atoms with Crippen LogP contribution in [0.25, 0.3) is 16.5 Å². The molecule has 0 radical (unpaired) electrons. The van der Waals surface area contributed by atoms with E-state index in [1.165, 1.54) is 20.3 Å². The van der Waals surface area contributed by atoms with E-state index in [2.05, 4.69) is 22.9 Å². The van der Waals surface area contributed by atoms with Gasteiger partial charge in [-0.05, 0) is 102 Å². The Morgan fingerprint density at radius 1 is 0.944 bits per heavy atom. The maximum atomic E-state index is 14.4. The van der Waals surface area contributed by atoms with Crippen molar-refractivity contribution in [2.45, 2.75) is 75.9 Å². The topological polar surface area (TPSA) is 159 Å². The van der Waals surface area contributed by atoms with Crippen molar-refractivity contribution in [3.8, 4) is 34.8 Å². The molecule has 7 rings (SSSR count). The van der Waals surface area contributed by atoms with E-state index < -0.39 is 18.2 Å². The molecule has 54 heavy (non-hydrogen) atoms. The van der Waals surface area contributed by atoms with Gasteiger partial charge in [-0.2, -0.15) is 0 Å². The number of hydrogen-bond donors (Lipinski definition) is 5. The summed E-state index contributed by atoms with van der Waals surface area (Å²) in [5, 5.41) is 43.8. The van der Waals surface area contributed by atoms with Crippen LogP contribution in [0.2, 0.25) is 0 Å². The van der Waals surface area contributed by atoms with Gasteiger partial charge in [-0.15, -0.1) is 0 Å². The zero-order chi connectivity index (χ0) is 37.9. The Kier molecular flexibility index (Phi) is 11.0. The van der Waals surface area contributed by atoms with Gasteiger partial charge in [0, 0.05) is 48.8 Å². The number of nitrogens with one attached hydrogen (secondary N) is 1. The molecular formula is C44H47NO9. The zero-order valence-electron chi connectivity index (χ0n) is 30.6. The number of allylic oxidation sites excluding steroid dienone is 1. The summed E-state index contributed by atoms with van der Waals surface area (Å²) in [6.45, 7) is 0.0856. The molecule has 2 heterocycles. The molecule has 2 bridgehead atoms. The summed E-state index contributed by atoms with van der Waals surface area (Å²) >= 11 is 0. The number of phenolic OH excluding ortho intramolecular Hbond substituents is 2. The monoisotopic (exact) mass is 733 g/mol. The summed E-state index contributed by atoms with van der Waals surface area (Å²) in [5.41, 5.74) is 6.00. The predicted molar refractivity (Wildman–Crippen MR) is 203 cm³/mol. The number of rotatable bonds is 7. The molecule has 0 saturated heterocycles. The first-order valence-electron chi connectivity index (χ1n) is 18.7. The molecule has 3 aromatic carbocycles. The highest BCUT2D eigenvalue weighted by molar-refractivity contribution is 5.94. The van der Waals surface area contributed by atoms with Crippen molar-refractivity contribution in [3.63, 3.8) is 0 Å². The van der Waals surface area contributed by atoms with Gasteiger partial charge in [0.25, 0.3) is 0 Å². The Labute approximate surface area is 314 Å². The zero-order valence-corrected chi connectivity index (χ0v) is 30.6. The molecule has 2 aliphatic carbocycles. The van der Waals surface area contributed by atoms with E-state index >= 15 is 0 Å². The molecule has 6 atom stereocenters. The van der Waals surface area contributed by atoms with Gasteiger partial charge in [-0.3, -0.25) is 9.59 Å². The van der Waals surface area contributed by atoms with Crippen molar-refractivity contribution in [1.82, 2.24) is 4.98 Å². The van der Waals surface area contributed by atoms with Gasteiger partial charge in [0.1, 0.15) is 18.3 Å². The lowest BCUT2D eigenvalue weighted by molar-refractivity contribution is -0.155. The summed E-state index contributed by atoms with van der Waals surface area (Å²) in [5.74, 6) is 5.88. The van der Waals surface area contributed by atoms with E-state index in [0.29, 0.717) is 24.2 Å². The summed E-state index contributed by atoms with van der Waals surface area (Å²) < 4.78 is 16.7. The average Bonchev–Trinajstić information content (AvgIpc) is 3.47. The quantitative estimate of drug-likeness (QED) is 0.108. The van der Waals surface area contributed by atoms with Gasteiger partial charge in [-0.25, -0.2) is 0 Å². The molecule has 1 saturated carbocycles. The smallest absolute Gasteiger partial charge is 0.318 e. The second-order valence-corrected chi connectivity index (χ2v) is 14.8. The molecule has 4 aromatic rings. The van der Waals surface area contributed by atoms with Crippen molar-refractivity contribution < 1.29 is 44.2 Å². The maximum absolute atomic E-state index is 14.4. The number of esters is 1. The number of aromatic nitrogens is 1. The Morgan fingerprint density at radius 3 is 2.52 bits per heavy atom. The normalized spacial score (nSPS) is 23.5. The average molecular weight is 734 g/mol. The Hall–Kier alpha value is -5.24. The third-order valence-corrected chi connectivity index (χ3v) is 11.5. The minimum atomic E-state index is -1.24. The van der Waals surface area contributed by atoms with Crippen LogP contribution in [0.1, 0.15) is 78.8 Å². The number of aliphatic hydroxyl groups excluding tert-OH is 2. The predicted octanol–water partition coefficient (Wildman–Crippen LogP) is 6.35. The highest BCUT2D eigenvalue weighted by Gasteiger charge is 2.41. The number of phenols is 2. The largest absolute Gasteiger partial charge is 0.504 e. The van der Waals surface area contributed by atoms with Crippen molar-refractivity contribution in [3.05, 3.63) is 88.6 Å². The lowest BCUT2D eigenvalue weighted by atomic mass is 9.65. The number of ketones is 1. The number of benzene rings is 3. The van der Waals surface area contributed by atoms with E-state index in [-0.39, 0.29) is 79.0 Å². The van der Waals surface area contributed by atoms with Gasteiger partial charge < -0.3 is 39.6 Å². The molecule has 5 N–H and O–H groups in total. The number of H-pyrrole nitrogens is 1. The van der Waals surface area contributed by atoms with Crippen LogP contribution in [0.3, 0.4) is 0 Å². The van der Waals surface area contributed by atoms with Crippen LogP contribution in [0.5, 0.6) is 23.0 Å². The molecule has 1 fully saturated rings. The maximum Gasteiger partial charge on any atom is 0.318 e. The molecule has 0 amide bonds. The fourth-order valence-corrected chi connectivity index (χ4v) is 8.88. The minimum Gasteiger partial charge on any atom is -0.504 e. The number of cyclic esters (lactones) is 1. The van der Waals surface area contributed by atoms with Gasteiger partial charge in [-0.1, -0.05) is 42.2 Å². The number of Topliss-reactive ketones (excluding diaryl/α,β-unsaturated/α-hetero) is 1. The number of aromatic hydroxyl groups is 2. The van der Waals surface area contributed by atoms with Crippen LogP contribution in [0, 0.1) is 29.6 Å². The van der Waals surface area contributed by atoms with Crippen LogP contribution in [-0.4, -0.2) is 70.2 Å². The summed E-state index contributed by atoms with van der Waals surface area (Å²) in [6.07, 6.45) is 3.22. The summed E-state index contributed by atoms with van der Waals surface area (Å²) in [6, 6.07) is 16.3. The van der Waals surface area contributed by atoms with E-state index in [1.54, 1.807) is 18.2 Å². The standard InChI is InChI=1S/C44H47NO9/c1-52-40-19-26(12-14-37(40)48)18-38(49)42-22-28(47)21-32-31-17-25(15-16-46)11-13-27(31)20-35(33-23-39(50)41(53-2)24-34(32)33)44-30(8-4-6-10-43(51)54-42)29-7-3-5-9-36(29)45-44/h3,5,7,9,12,14,19-20,23-25,27,31-32,38,42,45-46,48-50H,8,10-11,13,15-18,21-22H2,1-2H3. The first-order chi connectivity index (χ1) is 26.2. The molecule has 0 spiro atoms. The number of ether oxygens (including phenoxy) is 3. The molecule has 10 heteroatoms. The highest BCUT2D eigenvalue weighted by atomic mass is 16.6. The summed E-state index contributed by atoms with van der Waals surface area (Å²) in [7, 11) is 2.94. The van der Waals surface area contributed by atoms with Crippen LogP contribution >= 0.6 is 0 Å².